The van der Waals surface area contributed by atoms with E-state index in [-0.39, 0.29) is 18.3 Å². The minimum atomic E-state index is -0.201. The number of esters is 1. The van der Waals surface area contributed by atoms with Crippen molar-refractivity contribution in [3.63, 3.8) is 0 Å². The normalized spacial score (nSPS) is 13.9. The van der Waals surface area contributed by atoms with Gasteiger partial charge in [0.1, 0.15) is 6.54 Å². The quantitative estimate of drug-likeness (QED) is 0.567. The third kappa shape index (κ3) is 3.59. The highest BCUT2D eigenvalue weighted by Gasteiger charge is 2.31. The molecule has 0 atom stereocenters. The summed E-state index contributed by atoms with van der Waals surface area (Å²) in [5.41, 5.74) is 1.70. The second-order valence-corrected chi connectivity index (χ2v) is 4.99. The van der Waals surface area contributed by atoms with Gasteiger partial charge in [0, 0.05) is 23.7 Å². The number of ketones is 1. The summed E-state index contributed by atoms with van der Waals surface area (Å²) in [6.07, 6.45) is 2.72. The molecule has 1 fully saturated rings. The van der Waals surface area contributed by atoms with Gasteiger partial charge < -0.3 is 9.64 Å². The zero-order valence-corrected chi connectivity index (χ0v) is 12.1. The minimum absolute atomic E-state index is 0.139. The number of anilines is 1. The lowest BCUT2D eigenvalue weighted by Crippen LogP contribution is -2.32. The monoisotopic (exact) mass is 275 g/mol. The van der Waals surface area contributed by atoms with E-state index < -0.39 is 0 Å². The number of benzene rings is 1. The third-order valence-corrected chi connectivity index (χ3v) is 3.43. The van der Waals surface area contributed by atoms with Gasteiger partial charge in [0.25, 0.3) is 0 Å². The second kappa shape index (κ2) is 6.55. The average Bonchev–Trinajstić information content (AvgIpc) is 3.29. The highest BCUT2D eigenvalue weighted by Crippen LogP contribution is 2.31. The number of carbonyl (C=O) groups excluding carboxylic acids is 2. The Morgan fingerprint density at radius 3 is 2.35 bits per heavy atom. The molecule has 4 heteroatoms. The molecule has 108 valence electrons. The van der Waals surface area contributed by atoms with Crippen molar-refractivity contribution in [2.45, 2.75) is 39.2 Å². The van der Waals surface area contributed by atoms with Crippen LogP contribution in [0.25, 0.3) is 0 Å². The van der Waals surface area contributed by atoms with E-state index in [0.717, 1.165) is 24.1 Å². The largest absolute Gasteiger partial charge is 0.465 e. The Labute approximate surface area is 119 Å². The van der Waals surface area contributed by atoms with E-state index in [1.54, 1.807) is 0 Å². The Hall–Kier alpha value is -1.84. The molecule has 1 aliphatic rings. The standard InChI is InChI=1S/C16H21NO3/c1-3-15(18)12-5-7-13(8-6-12)17(14-9-10-14)11-16(19)20-4-2/h5-8,14H,3-4,9-11H2,1-2H3. The van der Waals surface area contributed by atoms with Crippen molar-refractivity contribution in [2.24, 2.45) is 0 Å². The van der Waals surface area contributed by atoms with Crippen molar-refractivity contribution in [2.75, 3.05) is 18.1 Å². The number of hydrogen-bond donors (Lipinski definition) is 0. The van der Waals surface area contributed by atoms with Gasteiger partial charge in [-0.1, -0.05) is 6.92 Å². The van der Waals surface area contributed by atoms with E-state index in [0.29, 0.717) is 19.1 Å². The van der Waals surface area contributed by atoms with Crippen molar-refractivity contribution in [3.05, 3.63) is 29.8 Å². The number of rotatable bonds is 7. The second-order valence-electron chi connectivity index (χ2n) is 4.99. The van der Waals surface area contributed by atoms with Crippen molar-refractivity contribution in [1.29, 1.82) is 0 Å². The summed E-state index contributed by atoms with van der Waals surface area (Å²) >= 11 is 0. The zero-order chi connectivity index (χ0) is 14.5. The molecule has 0 saturated heterocycles. The number of ether oxygens (including phenoxy) is 1. The smallest absolute Gasteiger partial charge is 0.325 e. The fraction of sp³-hybridized carbons (Fsp3) is 0.500. The van der Waals surface area contributed by atoms with Crippen LogP contribution >= 0.6 is 0 Å². The van der Waals surface area contributed by atoms with Crippen LogP contribution in [0.15, 0.2) is 24.3 Å². The Morgan fingerprint density at radius 1 is 1.20 bits per heavy atom. The van der Waals surface area contributed by atoms with Gasteiger partial charge in [-0.15, -0.1) is 0 Å². The predicted molar refractivity (Wildman–Crippen MR) is 78.1 cm³/mol. The van der Waals surface area contributed by atoms with Gasteiger partial charge in [0.05, 0.1) is 6.61 Å². The zero-order valence-electron chi connectivity index (χ0n) is 12.1. The molecular formula is C16H21NO3. The lowest BCUT2D eigenvalue weighted by atomic mass is 10.1. The van der Waals surface area contributed by atoms with Gasteiger partial charge in [-0.05, 0) is 44.0 Å². The molecule has 0 aliphatic heterocycles. The molecular weight excluding hydrogens is 254 g/mol. The van der Waals surface area contributed by atoms with E-state index in [4.69, 9.17) is 4.74 Å². The maximum Gasteiger partial charge on any atom is 0.325 e. The maximum absolute atomic E-state index is 11.7. The number of Topliss-reactive ketones (excluding diaryl/α,β-unsaturated/α-hetero) is 1. The Morgan fingerprint density at radius 2 is 1.85 bits per heavy atom. The molecule has 1 saturated carbocycles. The van der Waals surface area contributed by atoms with E-state index in [1.807, 2.05) is 38.1 Å². The van der Waals surface area contributed by atoms with Gasteiger partial charge in [0.15, 0.2) is 5.78 Å². The molecule has 0 heterocycles. The maximum atomic E-state index is 11.7. The average molecular weight is 275 g/mol. The molecule has 1 aliphatic carbocycles. The lowest BCUT2D eigenvalue weighted by Gasteiger charge is -2.23. The van der Waals surface area contributed by atoms with Crippen LogP contribution in [-0.2, 0) is 9.53 Å². The van der Waals surface area contributed by atoms with Crippen molar-refractivity contribution in [3.8, 4) is 0 Å². The number of hydrogen-bond acceptors (Lipinski definition) is 4. The minimum Gasteiger partial charge on any atom is -0.465 e. The van der Waals surface area contributed by atoms with Crippen LogP contribution in [-0.4, -0.2) is 30.9 Å². The topological polar surface area (TPSA) is 46.6 Å². The first kappa shape index (κ1) is 14.6. The molecule has 0 amide bonds. The summed E-state index contributed by atoms with van der Waals surface area (Å²) in [6, 6.07) is 7.93. The Kier molecular flexibility index (Phi) is 4.77. The van der Waals surface area contributed by atoms with Gasteiger partial charge in [-0.2, -0.15) is 0 Å². The Balaban J connectivity index is 2.09. The first-order chi connectivity index (χ1) is 9.65. The third-order valence-electron chi connectivity index (χ3n) is 3.43. The highest BCUT2D eigenvalue weighted by molar-refractivity contribution is 5.96. The van der Waals surface area contributed by atoms with Crippen LogP contribution in [0.1, 0.15) is 43.5 Å². The summed E-state index contributed by atoms with van der Waals surface area (Å²) in [6.45, 7) is 4.35. The molecule has 0 radical (unpaired) electrons. The summed E-state index contributed by atoms with van der Waals surface area (Å²) in [4.78, 5) is 25.3. The van der Waals surface area contributed by atoms with Gasteiger partial charge in [0.2, 0.25) is 0 Å². The molecule has 4 nitrogen and oxygen atoms in total. The molecule has 1 aromatic carbocycles. The number of nitrogens with zero attached hydrogens (tertiary/aromatic N) is 1. The van der Waals surface area contributed by atoms with Gasteiger partial charge >= 0.3 is 5.97 Å². The van der Waals surface area contributed by atoms with Crippen LogP contribution in [0, 0.1) is 0 Å². The molecule has 0 unspecified atom stereocenters. The van der Waals surface area contributed by atoms with Crippen LogP contribution in [0.5, 0.6) is 0 Å². The van der Waals surface area contributed by atoms with E-state index in [9.17, 15) is 9.59 Å². The lowest BCUT2D eigenvalue weighted by molar-refractivity contribution is -0.141. The molecule has 2 rings (SSSR count). The molecule has 1 aromatic rings. The Bertz CT molecular complexity index is 477. The molecule has 0 bridgehead atoms. The first-order valence-corrected chi connectivity index (χ1v) is 7.21. The number of carbonyl (C=O) groups is 2. The summed E-state index contributed by atoms with van der Waals surface area (Å²) < 4.78 is 5.02. The van der Waals surface area contributed by atoms with Gasteiger partial charge in [-0.25, -0.2) is 0 Å². The van der Waals surface area contributed by atoms with Crippen molar-refractivity contribution >= 4 is 17.4 Å². The van der Waals surface area contributed by atoms with Crippen LogP contribution in [0.3, 0.4) is 0 Å². The molecule has 0 spiro atoms. The highest BCUT2D eigenvalue weighted by atomic mass is 16.5. The molecule has 0 N–H and O–H groups in total. The van der Waals surface area contributed by atoms with Crippen molar-refractivity contribution < 1.29 is 14.3 Å². The van der Waals surface area contributed by atoms with E-state index in [2.05, 4.69) is 4.90 Å². The van der Waals surface area contributed by atoms with Gasteiger partial charge in [-0.3, -0.25) is 9.59 Å². The molecule has 0 aromatic heterocycles. The summed E-state index contributed by atoms with van der Waals surface area (Å²) in [5.74, 6) is -0.0620. The van der Waals surface area contributed by atoms with E-state index in [1.165, 1.54) is 0 Å². The van der Waals surface area contributed by atoms with Crippen LogP contribution in [0.4, 0.5) is 5.69 Å². The van der Waals surface area contributed by atoms with Crippen molar-refractivity contribution in [1.82, 2.24) is 0 Å². The predicted octanol–water partition coefficient (Wildman–Crippen LogP) is 2.81. The van der Waals surface area contributed by atoms with Crippen LogP contribution < -0.4 is 4.90 Å². The molecule has 20 heavy (non-hydrogen) atoms. The fourth-order valence-electron chi connectivity index (χ4n) is 2.21. The SMILES string of the molecule is CCOC(=O)CN(c1ccc(C(=O)CC)cc1)C1CC1. The van der Waals surface area contributed by atoms with Crippen LogP contribution in [0.2, 0.25) is 0 Å². The first-order valence-electron chi connectivity index (χ1n) is 7.21. The van der Waals surface area contributed by atoms with E-state index >= 15 is 0 Å². The summed E-state index contributed by atoms with van der Waals surface area (Å²) in [7, 11) is 0. The fourth-order valence-corrected chi connectivity index (χ4v) is 2.21. The summed E-state index contributed by atoms with van der Waals surface area (Å²) in [5, 5.41) is 0.